The van der Waals surface area contributed by atoms with Gasteiger partial charge in [0.1, 0.15) is 6.04 Å². The maximum Gasteiger partial charge on any atom is 0.320 e. The molecule has 0 radical (unpaired) electrons. The van der Waals surface area contributed by atoms with Crippen molar-refractivity contribution in [2.45, 2.75) is 32.7 Å². The quantitative estimate of drug-likeness (QED) is 0.611. The third kappa shape index (κ3) is 7.29. The lowest BCUT2D eigenvalue weighted by Crippen LogP contribution is -2.30. The SMILES string of the molecule is CC(C)CC[C@H](N)C(=O)O.O. The van der Waals surface area contributed by atoms with E-state index in [2.05, 4.69) is 13.8 Å². The zero-order valence-corrected chi connectivity index (χ0v) is 7.00. The second-order valence-electron chi connectivity index (χ2n) is 2.92. The van der Waals surface area contributed by atoms with Crippen molar-refractivity contribution in [1.29, 1.82) is 0 Å². The fourth-order valence-electron chi connectivity index (χ4n) is 0.636. The molecule has 0 fully saturated rings. The maximum atomic E-state index is 10.2. The molecule has 0 rings (SSSR count). The predicted molar refractivity (Wildman–Crippen MR) is 43.3 cm³/mol. The van der Waals surface area contributed by atoms with Gasteiger partial charge >= 0.3 is 5.97 Å². The largest absolute Gasteiger partial charge is 0.480 e. The van der Waals surface area contributed by atoms with E-state index in [4.69, 9.17) is 10.8 Å². The molecule has 0 aromatic heterocycles. The van der Waals surface area contributed by atoms with E-state index in [1.807, 2.05) is 0 Å². The van der Waals surface area contributed by atoms with E-state index in [-0.39, 0.29) is 5.48 Å². The van der Waals surface area contributed by atoms with E-state index in [9.17, 15) is 4.79 Å². The van der Waals surface area contributed by atoms with E-state index in [0.717, 1.165) is 6.42 Å². The molecule has 0 unspecified atom stereocenters. The lowest BCUT2D eigenvalue weighted by atomic mass is 10.0. The zero-order valence-electron chi connectivity index (χ0n) is 7.00. The first-order valence-electron chi connectivity index (χ1n) is 3.52. The molecule has 0 aliphatic rings. The van der Waals surface area contributed by atoms with Gasteiger partial charge in [0.15, 0.2) is 0 Å². The van der Waals surface area contributed by atoms with Crippen molar-refractivity contribution in [3.05, 3.63) is 0 Å². The van der Waals surface area contributed by atoms with Crippen LogP contribution in [-0.2, 0) is 4.79 Å². The molecule has 0 saturated heterocycles. The minimum absolute atomic E-state index is 0. The fraction of sp³-hybridized carbons (Fsp3) is 0.857. The van der Waals surface area contributed by atoms with Crippen LogP contribution in [0.3, 0.4) is 0 Å². The van der Waals surface area contributed by atoms with E-state index in [0.29, 0.717) is 12.3 Å². The van der Waals surface area contributed by atoms with Gasteiger partial charge in [0.2, 0.25) is 0 Å². The number of carboxylic acid groups (broad SMARTS) is 1. The second-order valence-corrected chi connectivity index (χ2v) is 2.92. The summed E-state index contributed by atoms with van der Waals surface area (Å²) in [6.07, 6.45) is 1.46. The molecule has 0 bridgehead atoms. The normalized spacial score (nSPS) is 12.4. The highest BCUT2D eigenvalue weighted by molar-refractivity contribution is 5.72. The van der Waals surface area contributed by atoms with Crippen molar-refractivity contribution in [1.82, 2.24) is 0 Å². The topological polar surface area (TPSA) is 94.8 Å². The molecule has 68 valence electrons. The molecule has 0 amide bonds. The standard InChI is InChI=1S/C7H15NO2.H2O/c1-5(2)3-4-6(8)7(9)10;/h5-6H,3-4,8H2,1-2H3,(H,9,10);1H2/t6-;/m0./s1. The third-order valence-electron chi connectivity index (χ3n) is 1.37. The molecule has 0 heterocycles. The van der Waals surface area contributed by atoms with E-state index in [1.165, 1.54) is 0 Å². The Labute approximate surface area is 66.7 Å². The Kier molecular flexibility index (Phi) is 7.24. The van der Waals surface area contributed by atoms with Crippen LogP contribution in [0, 0.1) is 5.92 Å². The van der Waals surface area contributed by atoms with Crippen LogP contribution in [-0.4, -0.2) is 22.6 Å². The summed E-state index contributed by atoms with van der Waals surface area (Å²) in [4.78, 5) is 10.2. The molecule has 1 atom stereocenters. The lowest BCUT2D eigenvalue weighted by Gasteiger charge is -2.07. The van der Waals surface area contributed by atoms with Gasteiger partial charge in [-0.15, -0.1) is 0 Å². The van der Waals surface area contributed by atoms with Gasteiger partial charge in [0.25, 0.3) is 0 Å². The highest BCUT2D eigenvalue weighted by Gasteiger charge is 2.10. The number of nitrogens with two attached hydrogens (primary N) is 1. The monoisotopic (exact) mass is 163 g/mol. The average molecular weight is 163 g/mol. The van der Waals surface area contributed by atoms with Gasteiger partial charge in [-0.2, -0.15) is 0 Å². The summed E-state index contributed by atoms with van der Waals surface area (Å²) < 4.78 is 0. The van der Waals surface area contributed by atoms with Crippen LogP contribution in [0.15, 0.2) is 0 Å². The molecule has 0 aromatic rings. The van der Waals surface area contributed by atoms with Gasteiger partial charge in [-0.3, -0.25) is 4.79 Å². The van der Waals surface area contributed by atoms with Gasteiger partial charge < -0.3 is 16.3 Å². The number of aliphatic carboxylic acids is 1. The molecule has 0 aliphatic heterocycles. The van der Waals surface area contributed by atoms with Crippen LogP contribution in [0.2, 0.25) is 0 Å². The molecule has 5 N–H and O–H groups in total. The van der Waals surface area contributed by atoms with Crippen molar-refractivity contribution in [2.75, 3.05) is 0 Å². The van der Waals surface area contributed by atoms with Crippen molar-refractivity contribution in [3.63, 3.8) is 0 Å². The van der Waals surface area contributed by atoms with E-state index < -0.39 is 12.0 Å². The van der Waals surface area contributed by atoms with E-state index in [1.54, 1.807) is 0 Å². The van der Waals surface area contributed by atoms with Crippen LogP contribution in [0.1, 0.15) is 26.7 Å². The Hall–Kier alpha value is -0.610. The molecule has 0 aromatic carbocycles. The highest BCUT2D eigenvalue weighted by Crippen LogP contribution is 2.04. The second kappa shape index (κ2) is 6.12. The van der Waals surface area contributed by atoms with Crippen LogP contribution in [0.4, 0.5) is 0 Å². The van der Waals surface area contributed by atoms with Crippen LogP contribution < -0.4 is 5.73 Å². The first-order valence-corrected chi connectivity index (χ1v) is 3.52. The zero-order chi connectivity index (χ0) is 8.15. The van der Waals surface area contributed by atoms with Crippen molar-refractivity contribution in [3.8, 4) is 0 Å². The molecule has 0 saturated carbocycles. The number of hydrogen-bond acceptors (Lipinski definition) is 2. The summed E-state index contributed by atoms with van der Waals surface area (Å²) in [5.74, 6) is -0.369. The summed E-state index contributed by atoms with van der Waals surface area (Å²) in [7, 11) is 0. The Balaban J connectivity index is 0. The average Bonchev–Trinajstić information content (AvgIpc) is 1.82. The van der Waals surface area contributed by atoms with E-state index >= 15 is 0 Å². The lowest BCUT2D eigenvalue weighted by molar-refractivity contribution is -0.138. The Morgan fingerprint density at radius 3 is 2.18 bits per heavy atom. The van der Waals surface area contributed by atoms with Crippen LogP contribution >= 0.6 is 0 Å². The minimum Gasteiger partial charge on any atom is -0.480 e. The van der Waals surface area contributed by atoms with Gasteiger partial charge in [-0.25, -0.2) is 0 Å². The van der Waals surface area contributed by atoms with Gasteiger partial charge in [-0.05, 0) is 18.8 Å². The molecular weight excluding hydrogens is 146 g/mol. The molecular formula is C7H17NO3. The van der Waals surface area contributed by atoms with Gasteiger partial charge in [0, 0.05) is 0 Å². The Morgan fingerprint density at radius 2 is 1.91 bits per heavy atom. The summed E-state index contributed by atoms with van der Waals surface area (Å²) in [5, 5.41) is 8.37. The number of carboxylic acids is 1. The van der Waals surface area contributed by atoms with Crippen LogP contribution in [0.25, 0.3) is 0 Å². The summed E-state index contributed by atoms with van der Waals surface area (Å²) in [5.41, 5.74) is 5.27. The highest BCUT2D eigenvalue weighted by atomic mass is 16.4. The molecule has 4 heteroatoms. The maximum absolute atomic E-state index is 10.2. The number of carbonyl (C=O) groups is 1. The van der Waals surface area contributed by atoms with Gasteiger partial charge in [-0.1, -0.05) is 13.8 Å². The number of hydrogen-bond donors (Lipinski definition) is 2. The Morgan fingerprint density at radius 1 is 1.45 bits per heavy atom. The molecule has 4 nitrogen and oxygen atoms in total. The number of rotatable bonds is 4. The third-order valence-corrected chi connectivity index (χ3v) is 1.37. The van der Waals surface area contributed by atoms with Crippen LogP contribution in [0.5, 0.6) is 0 Å². The van der Waals surface area contributed by atoms with Gasteiger partial charge in [0.05, 0.1) is 0 Å². The molecule has 0 aliphatic carbocycles. The Bertz CT molecular complexity index is 114. The predicted octanol–water partition coefficient (Wildman–Crippen LogP) is 0.00980. The van der Waals surface area contributed by atoms with Crippen molar-refractivity contribution in [2.24, 2.45) is 11.7 Å². The smallest absolute Gasteiger partial charge is 0.320 e. The summed E-state index contributed by atoms with van der Waals surface area (Å²) >= 11 is 0. The first-order chi connectivity index (χ1) is 4.54. The van der Waals surface area contributed by atoms with Crippen molar-refractivity contribution < 1.29 is 15.4 Å². The fourth-order valence-corrected chi connectivity index (χ4v) is 0.636. The first kappa shape index (κ1) is 13.0. The minimum atomic E-state index is -0.902. The summed E-state index contributed by atoms with van der Waals surface area (Å²) in [6, 6.07) is -0.678. The summed E-state index contributed by atoms with van der Waals surface area (Å²) in [6.45, 7) is 4.10. The van der Waals surface area contributed by atoms with Crippen molar-refractivity contribution >= 4 is 5.97 Å². The molecule has 11 heavy (non-hydrogen) atoms. The molecule has 0 spiro atoms.